The van der Waals surface area contributed by atoms with Crippen LogP contribution in [0.4, 0.5) is 34.5 Å². The predicted octanol–water partition coefficient (Wildman–Crippen LogP) is 5.25. The van der Waals surface area contributed by atoms with Crippen LogP contribution in [0, 0.1) is 0 Å². The van der Waals surface area contributed by atoms with Crippen LogP contribution in [0.15, 0.2) is 48.7 Å². The van der Waals surface area contributed by atoms with Crippen molar-refractivity contribution in [1.82, 2.24) is 14.9 Å². The largest absolute Gasteiger partial charge is 0.495 e. The van der Waals surface area contributed by atoms with Crippen LogP contribution in [-0.2, 0) is 11.0 Å². The van der Waals surface area contributed by atoms with Gasteiger partial charge in [-0.3, -0.25) is 0 Å². The highest BCUT2D eigenvalue weighted by Crippen LogP contribution is 2.33. The number of nitrogens with zero attached hydrogens (tertiary/aromatic N) is 4. The number of ether oxygens (including phenoxy) is 1. The van der Waals surface area contributed by atoms with Crippen LogP contribution in [0.2, 0.25) is 5.02 Å². The standard InChI is InChI=1S/C26H34ClN7O2S/c1-26(2,3)37(35)32-19-8-6-18(7-9-19)29-24-21(27)17-28-25(31-24)30-20-10-11-22(23(16-20)36-5)34-14-12-33(4)13-15-34/h6-11,16-17,32H,12-15H2,1-5H3,(H2,28,29,30,31). The second-order valence-electron chi connectivity index (χ2n) is 9.88. The van der Waals surface area contributed by atoms with Crippen LogP contribution in [0.3, 0.4) is 0 Å². The topological polar surface area (TPSA) is 94.6 Å². The van der Waals surface area contributed by atoms with Crippen molar-refractivity contribution in [3.63, 3.8) is 0 Å². The van der Waals surface area contributed by atoms with E-state index in [1.54, 1.807) is 13.3 Å². The van der Waals surface area contributed by atoms with Gasteiger partial charge in [0.05, 0.1) is 23.7 Å². The fraction of sp³-hybridized carbons (Fsp3) is 0.385. The number of anilines is 6. The molecule has 1 aromatic heterocycles. The second-order valence-corrected chi connectivity index (χ2v) is 12.3. The van der Waals surface area contributed by atoms with Gasteiger partial charge >= 0.3 is 0 Å². The van der Waals surface area contributed by atoms with Crippen LogP contribution in [0.25, 0.3) is 0 Å². The molecule has 0 aliphatic carbocycles. The Bertz CT molecular complexity index is 1240. The number of halogens is 1. The van der Waals surface area contributed by atoms with Gasteiger partial charge in [0.1, 0.15) is 21.8 Å². The number of likely N-dealkylation sites (N-methyl/N-ethyl adjacent to an activating group) is 1. The molecule has 11 heteroatoms. The van der Waals surface area contributed by atoms with Crippen LogP contribution in [-0.4, -0.2) is 64.2 Å². The average Bonchev–Trinajstić information content (AvgIpc) is 2.87. The molecule has 1 aliphatic rings. The second kappa shape index (κ2) is 11.5. The molecular formula is C26H34ClN7O2S. The van der Waals surface area contributed by atoms with Crippen LogP contribution in [0.5, 0.6) is 5.75 Å². The van der Waals surface area contributed by atoms with Crippen molar-refractivity contribution < 1.29 is 8.95 Å². The zero-order valence-electron chi connectivity index (χ0n) is 21.8. The van der Waals surface area contributed by atoms with E-state index >= 15 is 0 Å². The Labute approximate surface area is 226 Å². The van der Waals surface area contributed by atoms with E-state index in [9.17, 15) is 4.21 Å². The molecule has 1 saturated heterocycles. The Morgan fingerprint density at radius 3 is 2.27 bits per heavy atom. The first-order chi connectivity index (χ1) is 17.6. The number of rotatable bonds is 8. The third-order valence-electron chi connectivity index (χ3n) is 5.94. The quantitative estimate of drug-likeness (QED) is 0.354. The van der Waals surface area contributed by atoms with E-state index in [0.29, 0.717) is 16.8 Å². The first kappa shape index (κ1) is 27.0. The Kier molecular flexibility index (Phi) is 8.41. The van der Waals surface area contributed by atoms with Crippen LogP contribution < -0.4 is 25.0 Å². The molecule has 9 nitrogen and oxygen atoms in total. The van der Waals surface area contributed by atoms with Crippen molar-refractivity contribution in [2.45, 2.75) is 25.5 Å². The first-order valence-corrected chi connectivity index (χ1v) is 13.6. The van der Waals surface area contributed by atoms with E-state index in [1.165, 1.54) is 0 Å². The summed E-state index contributed by atoms with van der Waals surface area (Å²) >= 11 is 6.37. The summed E-state index contributed by atoms with van der Waals surface area (Å²) in [5.41, 5.74) is 3.44. The highest BCUT2D eigenvalue weighted by molar-refractivity contribution is 7.87. The summed E-state index contributed by atoms with van der Waals surface area (Å²) in [5.74, 6) is 1.67. The molecule has 0 saturated carbocycles. The molecule has 2 aromatic carbocycles. The van der Waals surface area contributed by atoms with Crippen molar-refractivity contribution in [3.05, 3.63) is 53.7 Å². The van der Waals surface area contributed by atoms with Gasteiger partial charge in [0.2, 0.25) is 5.95 Å². The first-order valence-electron chi connectivity index (χ1n) is 12.1. The molecular weight excluding hydrogens is 510 g/mol. The van der Waals surface area contributed by atoms with Crippen molar-refractivity contribution in [2.75, 3.05) is 60.6 Å². The van der Waals surface area contributed by atoms with Gasteiger partial charge in [-0.2, -0.15) is 4.98 Å². The van der Waals surface area contributed by atoms with E-state index in [0.717, 1.165) is 54.7 Å². The lowest BCUT2D eigenvalue weighted by Gasteiger charge is -2.34. The predicted molar refractivity (Wildman–Crippen MR) is 154 cm³/mol. The van der Waals surface area contributed by atoms with E-state index in [4.69, 9.17) is 16.3 Å². The molecule has 1 aliphatic heterocycles. The average molecular weight is 544 g/mol. The van der Waals surface area contributed by atoms with Crippen molar-refractivity contribution in [3.8, 4) is 5.75 Å². The number of piperazine rings is 1. The lowest BCUT2D eigenvalue weighted by atomic mass is 10.2. The van der Waals surface area contributed by atoms with E-state index in [-0.39, 0.29) is 4.75 Å². The highest BCUT2D eigenvalue weighted by atomic mass is 35.5. The summed E-state index contributed by atoms with van der Waals surface area (Å²) in [5, 5.41) is 6.86. The minimum Gasteiger partial charge on any atom is -0.495 e. The number of hydrogen-bond donors (Lipinski definition) is 3. The molecule has 198 valence electrons. The molecule has 2 heterocycles. The summed E-state index contributed by atoms with van der Waals surface area (Å²) in [6.07, 6.45) is 1.55. The summed E-state index contributed by atoms with van der Waals surface area (Å²) < 4.78 is 20.7. The fourth-order valence-corrected chi connectivity index (χ4v) is 4.52. The third-order valence-corrected chi connectivity index (χ3v) is 7.75. The van der Waals surface area contributed by atoms with Crippen molar-refractivity contribution in [2.24, 2.45) is 0 Å². The Morgan fingerprint density at radius 1 is 0.973 bits per heavy atom. The van der Waals surface area contributed by atoms with E-state index < -0.39 is 11.0 Å². The third kappa shape index (κ3) is 7.03. The smallest absolute Gasteiger partial charge is 0.229 e. The monoisotopic (exact) mass is 543 g/mol. The summed E-state index contributed by atoms with van der Waals surface area (Å²) in [7, 11) is 2.62. The molecule has 0 radical (unpaired) electrons. The molecule has 1 fully saturated rings. The van der Waals surface area contributed by atoms with Gasteiger partial charge in [0.25, 0.3) is 0 Å². The van der Waals surface area contributed by atoms with E-state index in [1.807, 2.05) is 57.2 Å². The fourth-order valence-electron chi connectivity index (χ4n) is 3.73. The lowest BCUT2D eigenvalue weighted by molar-refractivity contribution is 0.311. The van der Waals surface area contributed by atoms with Crippen LogP contribution >= 0.6 is 11.6 Å². The minimum absolute atomic E-state index is 0.357. The van der Waals surface area contributed by atoms with Crippen LogP contribution in [0.1, 0.15) is 20.8 Å². The zero-order chi connectivity index (χ0) is 26.6. The maximum Gasteiger partial charge on any atom is 0.229 e. The molecule has 1 atom stereocenters. The summed E-state index contributed by atoms with van der Waals surface area (Å²) in [4.78, 5) is 13.5. The number of hydrogen-bond acceptors (Lipinski definition) is 8. The highest BCUT2D eigenvalue weighted by Gasteiger charge is 2.20. The molecule has 0 bridgehead atoms. The summed E-state index contributed by atoms with van der Waals surface area (Å²) in [6, 6.07) is 13.5. The lowest BCUT2D eigenvalue weighted by Crippen LogP contribution is -2.44. The van der Waals surface area contributed by atoms with Crippen molar-refractivity contribution in [1.29, 1.82) is 0 Å². The van der Waals surface area contributed by atoms with Gasteiger partial charge in [0.15, 0.2) is 5.82 Å². The molecule has 3 N–H and O–H groups in total. The Morgan fingerprint density at radius 2 is 1.62 bits per heavy atom. The van der Waals surface area contributed by atoms with E-state index in [2.05, 4.69) is 48.2 Å². The molecule has 0 spiro atoms. The van der Waals surface area contributed by atoms with Gasteiger partial charge < -0.3 is 29.9 Å². The number of aromatic nitrogens is 2. The molecule has 4 rings (SSSR count). The number of benzene rings is 2. The zero-order valence-corrected chi connectivity index (χ0v) is 23.4. The molecule has 3 aromatic rings. The van der Waals surface area contributed by atoms with Gasteiger partial charge in [-0.25, -0.2) is 9.19 Å². The van der Waals surface area contributed by atoms with Gasteiger partial charge in [-0.15, -0.1) is 0 Å². The van der Waals surface area contributed by atoms with Gasteiger partial charge in [-0.1, -0.05) is 11.6 Å². The molecule has 37 heavy (non-hydrogen) atoms. The maximum atomic E-state index is 12.3. The van der Waals surface area contributed by atoms with Crippen molar-refractivity contribution >= 4 is 57.1 Å². The maximum absolute atomic E-state index is 12.3. The SMILES string of the molecule is COc1cc(Nc2ncc(Cl)c(Nc3ccc(NS(=O)C(C)(C)C)cc3)n2)ccc1N1CCN(C)CC1. The Balaban J connectivity index is 1.45. The summed E-state index contributed by atoms with van der Waals surface area (Å²) in [6.45, 7) is 9.73. The molecule has 0 amide bonds. The van der Waals surface area contributed by atoms with Gasteiger partial charge in [-0.05, 0) is 64.2 Å². The molecule has 1 unspecified atom stereocenters. The Hall–Kier alpha value is -3.08. The minimum atomic E-state index is -1.20. The van der Waals surface area contributed by atoms with Gasteiger partial charge in [0, 0.05) is 49.3 Å². The number of nitrogens with one attached hydrogen (secondary N) is 3. The number of methoxy groups -OCH3 is 1. The normalized spacial score (nSPS) is 15.2.